The summed E-state index contributed by atoms with van der Waals surface area (Å²) in [5, 5.41) is 4.02. The third-order valence-corrected chi connectivity index (χ3v) is 4.12. The van der Waals surface area contributed by atoms with Crippen LogP contribution in [0.3, 0.4) is 0 Å². The molecule has 126 valence electrons. The molecule has 2 heterocycles. The van der Waals surface area contributed by atoms with Gasteiger partial charge in [-0.25, -0.2) is 14.5 Å². The van der Waals surface area contributed by atoms with Crippen molar-refractivity contribution in [1.82, 2.24) is 19.7 Å². The lowest BCUT2D eigenvalue weighted by Crippen LogP contribution is -2.41. The fraction of sp³-hybridized carbons (Fsp3) is 0.412. The first-order valence-corrected chi connectivity index (χ1v) is 8.03. The molecule has 0 N–H and O–H groups in total. The van der Waals surface area contributed by atoms with Crippen molar-refractivity contribution in [2.45, 2.75) is 19.8 Å². The lowest BCUT2D eigenvalue weighted by Gasteiger charge is -2.30. The molecule has 0 spiro atoms. The summed E-state index contributed by atoms with van der Waals surface area (Å²) in [6, 6.07) is 6.79. The molecular weight excluding hydrogens is 308 g/mol. The molecular formula is C17H20N4O3. The van der Waals surface area contributed by atoms with E-state index in [-0.39, 0.29) is 12.5 Å². The van der Waals surface area contributed by atoms with Crippen molar-refractivity contribution in [3.8, 4) is 5.69 Å². The smallest absolute Gasteiger partial charge is 0.338 e. The van der Waals surface area contributed by atoms with Crippen LogP contribution in [0.2, 0.25) is 0 Å². The van der Waals surface area contributed by atoms with E-state index in [0.29, 0.717) is 11.5 Å². The number of carbonyl (C=O) groups is 2. The van der Waals surface area contributed by atoms with Gasteiger partial charge in [0.25, 0.3) is 5.91 Å². The van der Waals surface area contributed by atoms with E-state index < -0.39 is 5.97 Å². The first-order valence-electron chi connectivity index (χ1n) is 8.03. The Bertz CT molecular complexity index is 697. The van der Waals surface area contributed by atoms with E-state index in [4.69, 9.17) is 4.74 Å². The molecule has 7 nitrogen and oxygen atoms in total. The second-order valence-corrected chi connectivity index (χ2v) is 6.05. The van der Waals surface area contributed by atoms with Gasteiger partial charge in [-0.1, -0.05) is 6.92 Å². The Morgan fingerprint density at radius 2 is 2.08 bits per heavy atom. The molecule has 7 heteroatoms. The fourth-order valence-corrected chi connectivity index (χ4v) is 2.81. The molecule has 0 saturated carbocycles. The number of aromatic nitrogens is 3. The summed E-state index contributed by atoms with van der Waals surface area (Å²) in [6.45, 7) is 3.40. The first-order chi connectivity index (χ1) is 11.6. The first kappa shape index (κ1) is 16.2. The van der Waals surface area contributed by atoms with E-state index in [1.807, 2.05) is 0 Å². The van der Waals surface area contributed by atoms with Gasteiger partial charge in [0.2, 0.25) is 0 Å². The van der Waals surface area contributed by atoms with Gasteiger partial charge in [-0.3, -0.25) is 4.79 Å². The number of hydrogen-bond donors (Lipinski definition) is 0. The summed E-state index contributed by atoms with van der Waals surface area (Å²) in [5.74, 6) is -0.129. The molecule has 3 rings (SSSR count). The number of hydrogen-bond acceptors (Lipinski definition) is 5. The zero-order valence-corrected chi connectivity index (χ0v) is 13.6. The van der Waals surface area contributed by atoms with Gasteiger partial charge < -0.3 is 9.64 Å². The number of esters is 1. The van der Waals surface area contributed by atoms with Gasteiger partial charge in [0, 0.05) is 13.1 Å². The average Bonchev–Trinajstić information content (AvgIpc) is 3.14. The molecule has 0 aliphatic carbocycles. The molecule has 1 atom stereocenters. The van der Waals surface area contributed by atoms with E-state index in [1.165, 1.54) is 6.33 Å². The Morgan fingerprint density at radius 1 is 1.29 bits per heavy atom. The van der Waals surface area contributed by atoms with Crippen molar-refractivity contribution in [1.29, 1.82) is 0 Å². The van der Waals surface area contributed by atoms with Crippen LogP contribution in [-0.4, -0.2) is 51.2 Å². The monoisotopic (exact) mass is 328 g/mol. The number of ether oxygens (including phenoxy) is 1. The Labute approximate surface area is 140 Å². The average molecular weight is 328 g/mol. The maximum atomic E-state index is 12.1. The van der Waals surface area contributed by atoms with Crippen molar-refractivity contribution in [3.63, 3.8) is 0 Å². The third kappa shape index (κ3) is 3.79. The Hall–Kier alpha value is -2.70. The summed E-state index contributed by atoms with van der Waals surface area (Å²) in [5.41, 5.74) is 1.20. The molecule has 1 aromatic heterocycles. The normalized spacial score (nSPS) is 17.5. The molecule has 1 aliphatic rings. The highest BCUT2D eigenvalue weighted by atomic mass is 16.5. The summed E-state index contributed by atoms with van der Waals surface area (Å²) < 4.78 is 6.74. The third-order valence-electron chi connectivity index (χ3n) is 4.12. The van der Waals surface area contributed by atoms with E-state index >= 15 is 0 Å². The van der Waals surface area contributed by atoms with Crippen LogP contribution in [0, 0.1) is 5.92 Å². The van der Waals surface area contributed by atoms with Gasteiger partial charge in [-0.15, -0.1) is 0 Å². The largest absolute Gasteiger partial charge is 0.452 e. The Kier molecular flexibility index (Phi) is 4.88. The number of piperidine rings is 1. The molecule has 2 aromatic rings. The quantitative estimate of drug-likeness (QED) is 0.798. The second kappa shape index (κ2) is 7.25. The SMILES string of the molecule is C[C@H]1CCCN(C(=O)COC(=O)c2ccc(-n3cncn3)cc2)C1. The lowest BCUT2D eigenvalue weighted by molar-refractivity contribution is -0.136. The van der Waals surface area contributed by atoms with Gasteiger partial charge in [0.1, 0.15) is 12.7 Å². The molecule has 24 heavy (non-hydrogen) atoms. The van der Waals surface area contributed by atoms with Gasteiger partial charge in [-0.05, 0) is 43.0 Å². The summed E-state index contributed by atoms with van der Waals surface area (Å²) in [7, 11) is 0. The minimum atomic E-state index is -0.501. The van der Waals surface area contributed by atoms with Crippen molar-refractivity contribution >= 4 is 11.9 Å². The van der Waals surface area contributed by atoms with Gasteiger partial charge >= 0.3 is 5.97 Å². The van der Waals surface area contributed by atoms with Crippen molar-refractivity contribution in [3.05, 3.63) is 42.5 Å². The molecule has 1 fully saturated rings. The van der Waals surface area contributed by atoms with E-state index in [9.17, 15) is 9.59 Å². The number of nitrogens with zero attached hydrogens (tertiary/aromatic N) is 4. The van der Waals surface area contributed by atoms with Crippen LogP contribution in [0.25, 0.3) is 5.69 Å². The minimum absolute atomic E-state index is 0.130. The zero-order chi connectivity index (χ0) is 16.9. The Balaban J connectivity index is 1.54. The van der Waals surface area contributed by atoms with Crippen LogP contribution >= 0.6 is 0 Å². The van der Waals surface area contributed by atoms with Crippen LogP contribution in [0.1, 0.15) is 30.1 Å². The maximum Gasteiger partial charge on any atom is 0.338 e. The Morgan fingerprint density at radius 3 is 2.75 bits per heavy atom. The van der Waals surface area contributed by atoms with Crippen LogP contribution in [0.4, 0.5) is 0 Å². The number of likely N-dealkylation sites (tertiary alicyclic amines) is 1. The second-order valence-electron chi connectivity index (χ2n) is 6.05. The molecule has 0 bridgehead atoms. The van der Waals surface area contributed by atoms with Gasteiger partial charge in [0.15, 0.2) is 6.61 Å². The van der Waals surface area contributed by atoms with Crippen LogP contribution in [-0.2, 0) is 9.53 Å². The molecule has 0 radical (unpaired) electrons. The molecule has 1 aliphatic heterocycles. The van der Waals surface area contributed by atoms with E-state index in [1.54, 1.807) is 40.2 Å². The van der Waals surface area contributed by atoms with Crippen molar-refractivity contribution in [2.24, 2.45) is 5.92 Å². The number of benzene rings is 1. The highest BCUT2D eigenvalue weighted by molar-refractivity contribution is 5.91. The predicted molar refractivity (Wildman–Crippen MR) is 86.6 cm³/mol. The molecule has 1 amide bonds. The summed E-state index contributed by atoms with van der Waals surface area (Å²) in [4.78, 5) is 29.8. The molecule has 1 aromatic carbocycles. The summed E-state index contributed by atoms with van der Waals surface area (Å²) >= 11 is 0. The van der Waals surface area contributed by atoms with Crippen molar-refractivity contribution in [2.75, 3.05) is 19.7 Å². The number of rotatable bonds is 4. The van der Waals surface area contributed by atoms with Gasteiger partial charge in [-0.2, -0.15) is 5.10 Å². The highest BCUT2D eigenvalue weighted by Crippen LogP contribution is 2.15. The van der Waals surface area contributed by atoms with Crippen LogP contribution in [0.15, 0.2) is 36.9 Å². The maximum absolute atomic E-state index is 12.1. The van der Waals surface area contributed by atoms with E-state index in [0.717, 1.165) is 31.6 Å². The van der Waals surface area contributed by atoms with E-state index in [2.05, 4.69) is 17.0 Å². The number of amides is 1. The molecule has 0 unspecified atom stereocenters. The lowest BCUT2D eigenvalue weighted by atomic mass is 10.0. The van der Waals surface area contributed by atoms with Crippen LogP contribution in [0.5, 0.6) is 0 Å². The highest BCUT2D eigenvalue weighted by Gasteiger charge is 2.22. The fourth-order valence-electron chi connectivity index (χ4n) is 2.81. The number of carbonyl (C=O) groups excluding carboxylic acids is 2. The minimum Gasteiger partial charge on any atom is -0.452 e. The predicted octanol–water partition coefficient (Wildman–Crippen LogP) is 1.68. The standard InChI is InChI=1S/C17H20N4O3/c1-13-3-2-8-20(9-13)16(22)10-24-17(23)14-4-6-15(7-5-14)21-12-18-11-19-21/h4-7,11-13H,2-3,8-10H2,1H3/t13-/m0/s1. The van der Waals surface area contributed by atoms with Gasteiger partial charge in [0.05, 0.1) is 11.3 Å². The van der Waals surface area contributed by atoms with Crippen LogP contribution < -0.4 is 0 Å². The van der Waals surface area contributed by atoms with Crippen molar-refractivity contribution < 1.29 is 14.3 Å². The zero-order valence-electron chi connectivity index (χ0n) is 13.6. The molecule has 1 saturated heterocycles. The summed E-state index contributed by atoms with van der Waals surface area (Å²) in [6.07, 6.45) is 5.16. The topological polar surface area (TPSA) is 77.3 Å².